The Kier molecular flexibility index (Phi) is 2.48. The highest BCUT2D eigenvalue weighted by Gasteiger charge is 2.12. The second kappa shape index (κ2) is 3.81. The summed E-state index contributed by atoms with van der Waals surface area (Å²) >= 11 is 0. The molecule has 1 heterocycles. The Hall–Kier alpha value is -2.10. The monoisotopic (exact) mass is 217 g/mol. The van der Waals surface area contributed by atoms with Crippen molar-refractivity contribution in [3.8, 4) is 11.3 Å². The summed E-state index contributed by atoms with van der Waals surface area (Å²) in [7, 11) is 0. The highest BCUT2D eigenvalue weighted by Crippen LogP contribution is 2.22. The summed E-state index contributed by atoms with van der Waals surface area (Å²) in [4.78, 5) is 14.3. The van der Waals surface area contributed by atoms with Crippen LogP contribution in [0, 0.1) is 13.8 Å². The van der Waals surface area contributed by atoms with Crippen molar-refractivity contribution >= 4 is 5.97 Å². The summed E-state index contributed by atoms with van der Waals surface area (Å²) in [5.41, 5.74) is 3.15. The van der Waals surface area contributed by atoms with Crippen LogP contribution in [0.15, 0.2) is 28.8 Å². The van der Waals surface area contributed by atoms with Gasteiger partial charge in [0, 0.05) is 5.56 Å². The number of hydrogen-bond donors (Lipinski definition) is 1. The predicted molar refractivity (Wildman–Crippen MR) is 58.4 cm³/mol. The molecular formula is C12H11NO3. The summed E-state index contributed by atoms with van der Waals surface area (Å²) < 4.78 is 5.12. The zero-order chi connectivity index (χ0) is 11.7. The molecule has 0 amide bonds. The molecule has 0 unspecified atom stereocenters. The van der Waals surface area contributed by atoms with E-state index in [-0.39, 0.29) is 5.89 Å². The van der Waals surface area contributed by atoms with Gasteiger partial charge in [-0.25, -0.2) is 9.78 Å². The van der Waals surface area contributed by atoms with E-state index < -0.39 is 5.97 Å². The summed E-state index contributed by atoms with van der Waals surface area (Å²) in [6.45, 7) is 4.01. The van der Waals surface area contributed by atoms with Crippen LogP contribution in [0.4, 0.5) is 0 Å². The molecule has 1 N–H and O–H groups in total. The molecule has 1 aromatic carbocycles. The average Bonchev–Trinajstić information content (AvgIpc) is 2.71. The van der Waals surface area contributed by atoms with Crippen LogP contribution in [0.25, 0.3) is 11.3 Å². The maximum absolute atomic E-state index is 10.6. The number of rotatable bonds is 2. The third-order valence-corrected chi connectivity index (χ3v) is 2.48. The van der Waals surface area contributed by atoms with Crippen LogP contribution in [0.5, 0.6) is 0 Å². The largest absolute Gasteiger partial charge is 0.474 e. The molecule has 0 saturated heterocycles. The van der Waals surface area contributed by atoms with Crippen molar-refractivity contribution in [1.82, 2.24) is 4.98 Å². The molecule has 2 rings (SSSR count). The van der Waals surface area contributed by atoms with Crippen LogP contribution in [0.2, 0.25) is 0 Å². The van der Waals surface area contributed by atoms with Gasteiger partial charge in [-0.2, -0.15) is 0 Å². The molecule has 0 atom stereocenters. The lowest BCUT2D eigenvalue weighted by Crippen LogP contribution is -1.94. The Morgan fingerprint density at radius 1 is 1.31 bits per heavy atom. The molecule has 0 spiro atoms. The van der Waals surface area contributed by atoms with E-state index in [0.717, 1.165) is 11.1 Å². The van der Waals surface area contributed by atoms with Crippen LogP contribution in [0.3, 0.4) is 0 Å². The van der Waals surface area contributed by atoms with Gasteiger partial charge in [-0.3, -0.25) is 0 Å². The third-order valence-electron chi connectivity index (χ3n) is 2.48. The van der Waals surface area contributed by atoms with E-state index in [1.807, 2.05) is 32.0 Å². The second-order valence-electron chi connectivity index (χ2n) is 3.63. The zero-order valence-corrected chi connectivity index (χ0v) is 9.02. The SMILES string of the molecule is Cc1ccc(-c2cnc(C(=O)O)o2)cc1C. The van der Waals surface area contributed by atoms with Gasteiger partial charge < -0.3 is 9.52 Å². The van der Waals surface area contributed by atoms with Gasteiger partial charge in [-0.1, -0.05) is 12.1 Å². The summed E-state index contributed by atoms with van der Waals surface area (Å²) in [5.74, 6) is -0.969. The van der Waals surface area contributed by atoms with Crippen LogP contribution >= 0.6 is 0 Å². The molecule has 0 fully saturated rings. The standard InChI is InChI=1S/C12H11NO3/c1-7-3-4-9(5-8(7)2)10-6-13-11(16-10)12(14)15/h3-6H,1-2H3,(H,14,15). The van der Waals surface area contributed by atoms with Gasteiger partial charge in [0.05, 0.1) is 6.20 Å². The first-order chi connectivity index (χ1) is 7.58. The van der Waals surface area contributed by atoms with Gasteiger partial charge >= 0.3 is 11.9 Å². The fourth-order valence-electron chi connectivity index (χ4n) is 1.40. The first-order valence-corrected chi connectivity index (χ1v) is 4.84. The number of nitrogens with zero attached hydrogens (tertiary/aromatic N) is 1. The number of carboxylic acid groups (broad SMARTS) is 1. The molecule has 1 aromatic heterocycles. The van der Waals surface area contributed by atoms with E-state index >= 15 is 0 Å². The summed E-state index contributed by atoms with van der Waals surface area (Å²) in [6, 6.07) is 5.80. The van der Waals surface area contributed by atoms with Gasteiger partial charge in [0.2, 0.25) is 0 Å². The molecule has 82 valence electrons. The highest BCUT2D eigenvalue weighted by molar-refractivity contribution is 5.82. The maximum atomic E-state index is 10.6. The number of oxazole rings is 1. The maximum Gasteiger partial charge on any atom is 0.392 e. The number of aromatic nitrogens is 1. The molecule has 2 aromatic rings. The number of carbonyl (C=O) groups is 1. The molecule has 0 aliphatic carbocycles. The van der Waals surface area contributed by atoms with Crippen molar-refractivity contribution < 1.29 is 14.3 Å². The topological polar surface area (TPSA) is 63.3 Å². The van der Waals surface area contributed by atoms with Gasteiger partial charge in [0.1, 0.15) is 0 Å². The quantitative estimate of drug-likeness (QED) is 0.839. The minimum Gasteiger partial charge on any atom is -0.474 e. The van der Waals surface area contributed by atoms with Crippen LogP contribution in [-0.2, 0) is 0 Å². The van der Waals surface area contributed by atoms with Gasteiger partial charge in [0.15, 0.2) is 5.76 Å². The van der Waals surface area contributed by atoms with Crippen LogP contribution in [0.1, 0.15) is 21.8 Å². The lowest BCUT2D eigenvalue weighted by molar-refractivity contribution is 0.0654. The molecule has 0 aliphatic rings. The Morgan fingerprint density at radius 3 is 2.62 bits per heavy atom. The Bertz CT molecular complexity index is 543. The van der Waals surface area contributed by atoms with E-state index in [1.54, 1.807) is 0 Å². The fraction of sp³-hybridized carbons (Fsp3) is 0.167. The lowest BCUT2D eigenvalue weighted by Gasteiger charge is -2.01. The van der Waals surface area contributed by atoms with Gasteiger partial charge in [0.25, 0.3) is 0 Å². The van der Waals surface area contributed by atoms with E-state index in [2.05, 4.69) is 4.98 Å². The number of benzene rings is 1. The molecule has 0 aliphatic heterocycles. The normalized spacial score (nSPS) is 10.4. The lowest BCUT2D eigenvalue weighted by atomic mass is 10.1. The average molecular weight is 217 g/mol. The van der Waals surface area contributed by atoms with E-state index in [0.29, 0.717) is 5.76 Å². The Labute approximate surface area is 92.6 Å². The van der Waals surface area contributed by atoms with E-state index in [9.17, 15) is 4.79 Å². The number of aromatic carboxylic acids is 1. The highest BCUT2D eigenvalue weighted by atomic mass is 16.4. The Morgan fingerprint density at radius 2 is 2.06 bits per heavy atom. The van der Waals surface area contributed by atoms with E-state index in [4.69, 9.17) is 9.52 Å². The molecule has 0 saturated carbocycles. The predicted octanol–water partition coefficient (Wildman–Crippen LogP) is 2.66. The summed E-state index contributed by atoms with van der Waals surface area (Å²) in [5, 5.41) is 8.69. The van der Waals surface area contributed by atoms with E-state index in [1.165, 1.54) is 11.8 Å². The minimum absolute atomic E-state index is 0.284. The van der Waals surface area contributed by atoms with Crippen LogP contribution < -0.4 is 0 Å². The van der Waals surface area contributed by atoms with Gasteiger partial charge in [-0.05, 0) is 31.0 Å². The number of carboxylic acids is 1. The first-order valence-electron chi connectivity index (χ1n) is 4.84. The number of hydrogen-bond acceptors (Lipinski definition) is 3. The third kappa shape index (κ3) is 1.82. The van der Waals surface area contributed by atoms with Crippen molar-refractivity contribution in [1.29, 1.82) is 0 Å². The molecule has 4 heteroatoms. The van der Waals surface area contributed by atoms with Crippen molar-refractivity contribution in [3.05, 3.63) is 41.4 Å². The zero-order valence-electron chi connectivity index (χ0n) is 9.02. The number of aryl methyl sites for hydroxylation is 2. The van der Waals surface area contributed by atoms with Crippen molar-refractivity contribution in [2.75, 3.05) is 0 Å². The Balaban J connectivity index is 2.42. The molecule has 0 bridgehead atoms. The first kappa shape index (κ1) is 10.4. The minimum atomic E-state index is -1.16. The summed E-state index contributed by atoms with van der Waals surface area (Å²) in [6.07, 6.45) is 1.42. The molecular weight excluding hydrogens is 206 g/mol. The van der Waals surface area contributed by atoms with Crippen molar-refractivity contribution in [2.24, 2.45) is 0 Å². The van der Waals surface area contributed by atoms with Crippen molar-refractivity contribution in [3.63, 3.8) is 0 Å². The second-order valence-corrected chi connectivity index (χ2v) is 3.63. The molecule has 4 nitrogen and oxygen atoms in total. The molecule has 16 heavy (non-hydrogen) atoms. The van der Waals surface area contributed by atoms with Gasteiger partial charge in [-0.15, -0.1) is 0 Å². The van der Waals surface area contributed by atoms with Crippen LogP contribution in [-0.4, -0.2) is 16.1 Å². The molecule has 0 radical (unpaired) electrons. The smallest absolute Gasteiger partial charge is 0.392 e. The fourth-order valence-corrected chi connectivity index (χ4v) is 1.40. The van der Waals surface area contributed by atoms with Crippen molar-refractivity contribution in [2.45, 2.75) is 13.8 Å².